The van der Waals surface area contributed by atoms with Gasteiger partial charge in [0.25, 0.3) is 0 Å². The Morgan fingerprint density at radius 3 is 1.57 bits per heavy atom. The smallest absolute Gasteiger partial charge is 0.407 e. The van der Waals surface area contributed by atoms with Crippen LogP contribution in [0.25, 0.3) is 0 Å². The highest BCUT2D eigenvalue weighted by molar-refractivity contribution is 5.89. The van der Waals surface area contributed by atoms with Crippen LogP contribution in [0.2, 0.25) is 0 Å². The second-order valence-electron chi connectivity index (χ2n) is 11.4. The highest BCUT2D eigenvalue weighted by Gasteiger charge is 2.22. The number of hydrogen-bond donors (Lipinski definition) is 3. The van der Waals surface area contributed by atoms with Crippen LogP contribution in [-0.2, 0) is 44.8 Å². The van der Waals surface area contributed by atoms with Gasteiger partial charge in [0.15, 0.2) is 0 Å². The molecule has 0 saturated carbocycles. The van der Waals surface area contributed by atoms with Gasteiger partial charge >= 0.3 is 18.0 Å². The van der Waals surface area contributed by atoms with Gasteiger partial charge in [-0.25, -0.2) is 4.79 Å². The van der Waals surface area contributed by atoms with Gasteiger partial charge in [-0.3, -0.25) is 24.0 Å². The summed E-state index contributed by atoms with van der Waals surface area (Å²) in [6.07, 6.45) is -1.08. The summed E-state index contributed by atoms with van der Waals surface area (Å²) >= 11 is 0. The Balaban J connectivity index is 2.63. The molecule has 0 unspecified atom stereocenters. The fourth-order valence-corrected chi connectivity index (χ4v) is 3.29. The largest absolute Gasteiger partial charge is 0.460 e. The molecule has 234 valence electrons. The summed E-state index contributed by atoms with van der Waals surface area (Å²) in [7, 11) is 0. The highest BCUT2D eigenvalue weighted by atomic mass is 16.6. The van der Waals surface area contributed by atoms with Crippen molar-refractivity contribution in [3.05, 3.63) is 35.9 Å². The molecule has 0 bridgehead atoms. The number of amides is 4. The molecule has 0 aliphatic carbocycles. The van der Waals surface area contributed by atoms with E-state index in [1.807, 2.05) is 18.2 Å². The zero-order valence-electron chi connectivity index (χ0n) is 25.4. The number of carbonyl (C=O) groups excluding carboxylic acids is 6. The first-order chi connectivity index (χ1) is 19.5. The number of carbonyl (C=O) groups is 6. The Labute approximate surface area is 247 Å². The molecule has 4 amide bonds. The lowest BCUT2D eigenvalue weighted by molar-refractivity contribution is -0.155. The fraction of sp³-hybridized carbons (Fsp3) is 0.586. The summed E-state index contributed by atoms with van der Waals surface area (Å²) in [4.78, 5) is 74.6. The van der Waals surface area contributed by atoms with Crippen molar-refractivity contribution in [2.24, 2.45) is 0 Å². The molecule has 0 saturated heterocycles. The number of esters is 2. The first-order valence-electron chi connectivity index (χ1n) is 13.7. The molecule has 42 heavy (non-hydrogen) atoms. The van der Waals surface area contributed by atoms with Crippen LogP contribution in [0.4, 0.5) is 4.79 Å². The number of rotatable bonds is 15. The maximum Gasteiger partial charge on any atom is 0.407 e. The average Bonchev–Trinajstić information content (AvgIpc) is 2.85. The second kappa shape index (κ2) is 17.6. The molecule has 0 aromatic heterocycles. The Bertz CT molecular complexity index is 1020. The molecule has 1 aromatic carbocycles. The van der Waals surface area contributed by atoms with E-state index >= 15 is 0 Å². The van der Waals surface area contributed by atoms with Crippen LogP contribution < -0.4 is 16.0 Å². The van der Waals surface area contributed by atoms with E-state index in [1.54, 1.807) is 53.7 Å². The monoisotopic (exact) mass is 592 g/mol. The second-order valence-corrected chi connectivity index (χ2v) is 11.4. The van der Waals surface area contributed by atoms with Crippen molar-refractivity contribution in [2.45, 2.75) is 78.6 Å². The van der Waals surface area contributed by atoms with E-state index in [0.717, 1.165) is 10.5 Å². The quantitative estimate of drug-likeness (QED) is 0.203. The van der Waals surface area contributed by atoms with Crippen LogP contribution in [0.5, 0.6) is 0 Å². The Hall–Kier alpha value is -4.16. The van der Waals surface area contributed by atoms with E-state index in [0.29, 0.717) is 0 Å². The zero-order chi connectivity index (χ0) is 31.8. The molecule has 1 aromatic rings. The third kappa shape index (κ3) is 18.2. The van der Waals surface area contributed by atoms with Crippen molar-refractivity contribution >= 4 is 35.8 Å². The highest BCUT2D eigenvalue weighted by Crippen LogP contribution is 2.08. The van der Waals surface area contributed by atoms with Crippen molar-refractivity contribution < 1.29 is 43.0 Å². The first-order valence-corrected chi connectivity index (χ1v) is 13.7. The SMILES string of the molecule is CC(C)(C)OC(=O)CCNC(=O)CN(CC(=O)NCCC(=O)OC(C)(C)C)C(=O)CCNC(=O)OCc1ccccc1. The number of nitrogens with zero attached hydrogens (tertiary/aromatic N) is 1. The van der Waals surface area contributed by atoms with Crippen LogP contribution in [-0.4, -0.2) is 84.6 Å². The Morgan fingerprint density at radius 2 is 1.12 bits per heavy atom. The fourth-order valence-electron chi connectivity index (χ4n) is 3.29. The van der Waals surface area contributed by atoms with Gasteiger partial charge in [-0.15, -0.1) is 0 Å². The summed E-state index contributed by atoms with van der Waals surface area (Å²) in [5, 5.41) is 7.52. The van der Waals surface area contributed by atoms with Gasteiger partial charge in [0.1, 0.15) is 30.9 Å². The van der Waals surface area contributed by atoms with Crippen molar-refractivity contribution in [2.75, 3.05) is 32.7 Å². The van der Waals surface area contributed by atoms with Crippen LogP contribution in [0.1, 0.15) is 66.4 Å². The molecule has 0 radical (unpaired) electrons. The lowest BCUT2D eigenvalue weighted by atomic mass is 10.2. The van der Waals surface area contributed by atoms with E-state index in [1.165, 1.54) is 0 Å². The molecule has 13 heteroatoms. The minimum absolute atomic E-state index is 0.0212. The average molecular weight is 593 g/mol. The molecule has 3 N–H and O–H groups in total. The maximum absolute atomic E-state index is 12.9. The van der Waals surface area contributed by atoms with Gasteiger partial charge in [0.2, 0.25) is 17.7 Å². The predicted octanol–water partition coefficient (Wildman–Crippen LogP) is 1.83. The molecule has 13 nitrogen and oxygen atoms in total. The van der Waals surface area contributed by atoms with Gasteiger partial charge in [-0.1, -0.05) is 30.3 Å². The van der Waals surface area contributed by atoms with Crippen molar-refractivity contribution in [1.29, 1.82) is 0 Å². The standard InChI is InChI=1S/C29H44N4O9/c1-28(2,3)41-25(37)13-16-30-22(34)18-33(19-23(35)31-17-14-26(38)42-29(4,5)6)24(36)12-15-32-27(39)40-20-21-10-8-7-9-11-21/h7-11H,12-20H2,1-6H3,(H,30,34)(H,31,35)(H,32,39). The van der Waals surface area contributed by atoms with Crippen LogP contribution >= 0.6 is 0 Å². The van der Waals surface area contributed by atoms with E-state index < -0.39 is 60.0 Å². The third-order valence-corrected chi connectivity index (χ3v) is 4.99. The van der Waals surface area contributed by atoms with Gasteiger partial charge < -0.3 is 35.1 Å². The number of nitrogens with one attached hydrogen (secondary N) is 3. The maximum atomic E-state index is 12.9. The summed E-state index contributed by atoms with van der Waals surface area (Å²) < 4.78 is 15.5. The molecule has 0 spiro atoms. The van der Waals surface area contributed by atoms with E-state index in [4.69, 9.17) is 14.2 Å². The summed E-state index contributed by atoms with van der Waals surface area (Å²) in [6.45, 7) is 9.34. The normalized spacial score (nSPS) is 11.1. The summed E-state index contributed by atoms with van der Waals surface area (Å²) in [5.41, 5.74) is -0.531. The molecular weight excluding hydrogens is 548 g/mol. The summed E-state index contributed by atoms with van der Waals surface area (Å²) in [6, 6.07) is 9.05. The van der Waals surface area contributed by atoms with Crippen molar-refractivity contribution in [3.8, 4) is 0 Å². The number of ether oxygens (including phenoxy) is 3. The van der Waals surface area contributed by atoms with Crippen molar-refractivity contribution in [1.82, 2.24) is 20.9 Å². The van der Waals surface area contributed by atoms with E-state index in [9.17, 15) is 28.8 Å². The molecule has 0 aliphatic rings. The van der Waals surface area contributed by atoms with E-state index in [2.05, 4.69) is 16.0 Å². The molecule has 0 fully saturated rings. The number of hydrogen-bond acceptors (Lipinski definition) is 9. The van der Waals surface area contributed by atoms with E-state index in [-0.39, 0.29) is 45.5 Å². The summed E-state index contributed by atoms with van der Waals surface area (Å²) in [5.74, 6) is -2.76. The van der Waals surface area contributed by atoms with Crippen LogP contribution in [0.3, 0.4) is 0 Å². The zero-order valence-corrected chi connectivity index (χ0v) is 25.4. The Morgan fingerprint density at radius 1 is 0.667 bits per heavy atom. The molecule has 0 atom stereocenters. The van der Waals surface area contributed by atoms with Crippen LogP contribution in [0.15, 0.2) is 30.3 Å². The third-order valence-electron chi connectivity index (χ3n) is 4.99. The van der Waals surface area contributed by atoms with Crippen molar-refractivity contribution in [3.63, 3.8) is 0 Å². The van der Waals surface area contributed by atoms with Gasteiger partial charge in [0.05, 0.1) is 12.8 Å². The first kappa shape index (κ1) is 35.9. The molecular formula is C29H44N4O9. The minimum atomic E-state index is -0.724. The van der Waals surface area contributed by atoms with Gasteiger partial charge in [-0.05, 0) is 47.1 Å². The predicted molar refractivity (Wildman–Crippen MR) is 153 cm³/mol. The number of alkyl carbamates (subject to hydrolysis) is 1. The lowest BCUT2D eigenvalue weighted by Crippen LogP contribution is -2.47. The van der Waals surface area contributed by atoms with Gasteiger partial charge in [0, 0.05) is 26.1 Å². The van der Waals surface area contributed by atoms with Crippen LogP contribution in [0, 0.1) is 0 Å². The minimum Gasteiger partial charge on any atom is -0.460 e. The van der Waals surface area contributed by atoms with Gasteiger partial charge in [-0.2, -0.15) is 0 Å². The molecule has 0 aliphatic heterocycles. The lowest BCUT2D eigenvalue weighted by Gasteiger charge is -2.22. The molecule has 0 heterocycles. The Kier molecular flexibility index (Phi) is 15.0. The molecule has 1 rings (SSSR count). The topological polar surface area (TPSA) is 169 Å². The number of benzene rings is 1.